The number of hydrazone groups is 1. The summed E-state index contributed by atoms with van der Waals surface area (Å²) in [6.07, 6.45) is 1.37. The fourth-order valence-electron chi connectivity index (χ4n) is 2.26. The summed E-state index contributed by atoms with van der Waals surface area (Å²) in [4.78, 5) is 24.8. The Kier molecular flexibility index (Phi) is 5.63. The van der Waals surface area contributed by atoms with Crippen LogP contribution in [0.2, 0.25) is 0 Å². The molecule has 1 aromatic heterocycles. The molecule has 0 radical (unpaired) electrons. The number of hydrogen-bond donors (Lipinski definition) is 1. The number of benzene rings is 2. The SMILES string of the molecule is COC(=O)c1ccccc1/C=N\NC(=O)Cn1nnc(-c2ccccc2)n1. The fraction of sp³-hybridized carbons (Fsp3) is 0.111. The summed E-state index contributed by atoms with van der Waals surface area (Å²) in [6, 6.07) is 16.1. The van der Waals surface area contributed by atoms with Gasteiger partial charge in [-0.2, -0.15) is 9.90 Å². The van der Waals surface area contributed by atoms with E-state index < -0.39 is 11.9 Å². The predicted octanol–water partition coefficient (Wildman–Crippen LogP) is 1.28. The number of methoxy groups -OCH3 is 1. The summed E-state index contributed by atoms with van der Waals surface area (Å²) >= 11 is 0. The Morgan fingerprint density at radius 1 is 1.15 bits per heavy atom. The van der Waals surface area contributed by atoms with Crippen molar-refractivity contribution in [2.24, 2.45) is 5.10 Å². The molecule has 3 aromatic rings. The van der Waals surface area contributed by atoms with Gasteiger partial charge in [-0.15, -0.1) is 10.2 Å². The van der Waals surface area contributed by atoms with Crippen LogP contribution in [0.5, 0.6) is 0 Å². The molecule has 0 atom stereocenters. The highest BCUT2D eigenvalue weighted by atomic mass is 16.5. The van der Waals surface area contributed by atoms with E-state index in [2.05, 4.69) is 25.9 Å². The zero-order chi connectivity index (χ0) is 19.1. The molecule has 0 aliphatic heterocycles. The molecule has 27 heavy (non-hydrogen) atoms. The average molecular weight is 364 g/mol. The quantitative estimate of drug-likeness (QED) is 0.401. The highest BCUT2D eigenvalue weighted by Gasteiger charge is 2.10. The van der Waals surface area contributed by atoms with Crippen molar-refractivity contribution >= 4 is 18.1 Å². The largest absolute Gasteiger partial charge is 0.465 e. The number of nitrogens with zero attached hydrogens (tertiary/aromatic N) is 5. The highest BCUT2D eigenvalue weighted by Crippen LogP contribution is 2.11. The highest BCUT2D eigenvalue weighted by molar-refractivity contribution is 5.99. The number of aromatic nitrogens is 4. The van der Waals surface area contributed by atoms with Gasteiger partial charge in [0.05, 0.1) is 18.9 Å². The number of carbonyl (C=O) groups is 2. The van der Waals surface area contributed by atoms with Crippen molar-refractivity contribution in [2.75, 3.05) is 7.11 Å². The van der Waals surface area contributed by atoms with Gasteiger partial charge in [-0.3, -0.25) is 4.79 Å². The molecular formula is C18H16N6O3. The molecule has 0 aliphatic carbocycles. The van der Waals surface area contributed by atoms with Crippen molar-refractivity contribution < 1.29 is 14.3 Å². The van der Waals surface area contributed by atoms with E-state index in [1.807, 2.05) is 30.3 Å². The first-order valence-electron chi connectivity index (χ1n) is 8.00. The lowest BCUT2D eigenvalue weighted by Crippen LogP contribution is -2.24. The molecule has 0 saturated heterocycles. The molecule has 1 N–H and O–H groups in total. The van der Waals surface area contributed by atoms with Crippen LogP contribution in [0, 0.1) is 0 Å². The molecule has 136 valence electrons. The first-order chi connectivity index (χ1) is 13.2. The summed E-state index contributed by atoms with van der Waals surface area (Å²) in [5, 5.41) is 15.8. The molecule has 0 bridgehead atoms. The fourth-order valence-corrected chi connectivity index (χ4v) is 2.26. The van der Waals surface area contributed by atoms with Crippen LogP contribution >= 0.6 is 0 Å². The van der Waals surface area contributed by atoms with E-state index in [1.54, 1.807) is 24.3 Å². The van der Waals surface area contributed by atoms with E-state index in [1.165, 1.54) is 18.1 Å². The molecule has 0 spiro atoms. The number of esters is 1. The summed E-state index contributed by atoms with van der Waals surface area (Å²) in [5.74, 6) is -0.485. The minimum absolute atomic E-state index is 0.143. The van der Waals surface area contributed by atoms with Crippen LogP contribution in [0.15, 0.2) is 59.7 Å². The summed E-state index contributed by atoms with van der Waals surface area (Å²) < 4.78 is 4.71. The molecule has 0 aliphatic rings. The maximum atomic E-state index is 12.0. The lowest BCUT2D eigenvalue weighted by atomic mass is 10.1. The second-order valence-corrected chi connectivity index (χ2v) is 5.38. The van der Waals surface area contributed by atoms with Gasteiger partial charge in [-0.25, -0.2) is 10.2 Å². The third-order valence-electron chi connectivity index (χ3n) is 3.53. The van der Waals surface area contributed by atoms with Crippen LogP contribution in [-0.4, -0.2) is 45.4 Å². The Morgan fingerprint density at radius 2 is 1.89 bits per heavy atom. The number of amides is 1. The van der Waals surface area contributed by atoms with Gasteiger partial charge in [-0.05, 0) is 11.3 Å². The van der Waals surface area contributed by atoms with E-state index in [4.69, 9.17) is 4.74 Å². The smallest absolute Gasteiger partial charge is 0.338 e. The molecule has 1 amide bonds. The Hall–Kier alpha value is -3.88. The minimum atomic E-state index is -0.483. The predicted molar refractivity (Wildman–Crippen MR) is 96.8 cm³/mol. The van der Waals surface area contributed by atoms with Crippen LogP contribution < -0.4 is 5.43 Å². The van der Waals surface area contributed by atoms with Gasteiger partial charge in [0.1, 0.15) is 6.54 Å². The number of rotatable bonds is 6. The first-order valence-corrected chi connectivity index (χ1v) is 8.00. The van der Waals surface area contributed by atoms with Gasteiger partial charge in [0.2, 0.25) is 5.82 Å². The maximum absolute atomic E-state index is 12.0. The van der Waals surface area contributed by atoms with Crippen LogP contribution in [0.3, 0.4) is 0 Å². The third-order valence-corrected chi connectivity index (χ3v) is 3.53. The molecule has 9 heteroatoms. The van der Waals surface area contributed by atoms with Crippen molar-refractivity contribution in [1.82, 2.24) is 25.6 Å². The summed E-state index contributed by atoms with van der Waals surface area (Å²) in [6.45, 7) is -0.143. The molecule has 0 unspecified atom stereocenters. The average Bonchev–Trinajstić information content (AvgIpc) is 3.17. The van der Waals surface area contributed by atoms with Crippen LogP contribution in [0.1, 0.15) is 15.9 Å². The Bertz CT molecular complexity index is 968. The minimum Gasteiger partial charge on any atom is -0.465 e. The van der Waals surface area contributed by atoms with E-state index >= 15 is 0 Å². The first kappa shape index (κ1) is 17.9. The maximum Gasteiger partial charge on any atom is 0.338 e. The lowest BCUT2D eigenvalue weighted by molar-refractivity contribution is -0.122. The van der Waals surface area contributed by atoms with Gasteiger partial charge in [0.25, 0.3) is 5.91 Å². The normalized spacial score (nSPS) is 10.7. The standard InChI is InChI=1S/C18H16N6O3/c1-27-18(26)15-10-6-5-9-14(15)11-19-20-16(25)12-24-22-17(21-23-24)13-7-3-2-4-8-13/h2-11H,12H2,1H3,(H,20,25)/b19-11-. The van der Waals surface area contributed by atoms with Gasteiger partial charge >= 0.3 is 5.97 Å². The molecule has 1 heterocycles. The Balaban J connectivity index is 1.60. The van der Waals surface area contributed by atoms with Crippen LogP contribution in [0.4, 0.5) is 0 Å². The van der Waals surface area contributed by atoms with Crippen molar-refractivity contribution in [3.05, 3.63) is 65.7 Å². The van der Waals surface area contributed by atoms with Gasteiger partial charge < -0.3 is 4.74 Å². The number of hydrogen-bond acceptors (Lipinski definition) is 7. The zero-order valence-electron chi connectivity index (χ0n) is 14.4. The van der Waals surface area contributed by atoms with E-state index in [0.29, 0.717) is 17.0 Å². The van der Waals surface area contributed by atoms with Crippen molar-refractivity contribution in [2.45, 2.75) is 6.54 Å². The Labute approximate surface area is 154 Å². The summed E-state index contributed by atoms with van der Waals surface area (Å²) in [7, 11) is 1.30. The number of ether oxygens (including phenoxy) is 1. The molecule has 9 nitrogen and oxygen atoms in total. The number of tetrazole rings is 1. The topological polar surface area (TPSA) is 111 Å². The second-order valence-electron chi connectivity index (χ2n) is 5.38. The van der Waals surface area contributed by atoms with Crippen LogP contribution in [0.25, 0.3) is 11.4 Å². The third kappa shape index (κ3) is 4.60. The summed E-state index contributed by atoms with van der Waals surface area (Å²) in [5.41, 5.74) is 4.04. The van der Waals surface area contributed by atoms with E-state index in [9.17, 15) is 9.59 Å². The number of nitrogens with one attached hydrogen (secondary N) is 1. The Morgan fingerprint density at radius 3 is 2.67 bits per heavy atom. The molecule has 2 aromatic carbocycles. The monoisotopic (exact) mass is 364 g/mol. The van der Waals surface area contributed by atoms with Gasteiger partial charge in [0.15, 0.2) is 0 Å². The van der Waals surface area contributed by atoms with Crippen LogP contribution in [-0.2, 0) is 16.1 Å². The van der Waals surface area contributed by atoms with E-state index in [-0.39, 0.29) is 6.54 Å². The van der Waals surface area contributed by atoms with Crippen molar-refractivity contribution in [3.8, 4) is 11.4 Å². The molecule has 0 fully saturated rings. The van der Waals surface area contributed by atoms with Crippen molar-refractivity contribution in [1.29, 1.82) is 0 Å². The zero-order valence-corrected chi connectivity index (χ0v) is 14.4. The molecular weight excluding hydrogens is 348 g/mol. The van der Waals surface area contributed by atoms with Crippen molar-refractivity contribution in [3.63, 3.8) is 0 Å². The molecule has 3 rings (SSSR count). The number of carbonyl (C=O) groups excluding carboxylic acids is 2. The van der Waals surface area contributed by atoms with E-state index in [0.717, 1.165) is 5.56 Å². The van der Waals surface area contributed by atoms with Gasteiger partial charge in [0, 0.05) is 11.1 Å². The van der Waals surface area contributed by atoms with Gasteiger partial charge in [-0.1, -0.05) is 48.5 Å². The lowest BCUT2D eigenvalue weighted by Gasteiger charge is -2.03. The molecule has 0 saturated carbocycles. The second kappa shape index (κ2) is 8.48.